The number of aromatic nitrogens is 1. The third-order valence-corrected chi connectivity index (χ3v) is 4.53. The van der Waals surface area contributed by atoms with Gasteiger partial charge in [-0.15, -0.1) is 11.3 Å². The molecule has 0 fully saturated rings. The van der Waals surface area contributed by atoms with Crippen LogP contribution in [-0.4, -0.2) is 15.6 Å². The average molecular weight is 326 g/mol. The molecule has 102 valence electrons. The molecule has 0 bridgehead atoms. The Morgan fingerprint density at radius 3 is 2.75 bits per heavy atom. The average Bonchev–Trinajstić information content (AvgIpc) is 2.94. The van der Waals surface area contributed by atoms with Gasteiger partial charge in [-0.2, -0.15) is 0 Å². The zero-order chi connectivity index (χ0) is 14.3. The summed E-state index contributed by atoms with van der Waals surface area (Å²) in [6.07, 6.45) is 0. The van der Waals surface area contributed by atoms with E-state index in [4.69, 9.17) is 23.2 Å². The van der Waals surface area contributed by atoms with E-state index >= 15 is 0 Å². The number of hydrogen-bond donors (Lipinski definition) is 1. The van der Waals surface area contributed by atoms with Crippen LogP contribution in [0.15, 0.2) is 35.7 Å². The third kappa shape index (κ3) is 2.30. The molecule has 0 saturated carbocycles. The molecule has 0 saturated heterocycles. The predicted molar refractivity (Wildman–Crippen MR) is 82.3 cm³/mol. The van der Waals surface area contributed by atoms with Crippen LogP contribution in [0.5, 0.6) is 0 Å². The van der Waals surface area contributed by atoms with Crippen LogP contribution in [0.3, 0.4) is 0 Å². The van der Waals surface area contributed by atoms with Crippen molar-refractivity contribution in [3.63, 3.8) is 0 Å². The zero-order valence-corrected chi connectivity index (χ0v) is 12.5. The molecule has 0 radical (unpaired) electrons. The SMILES string of the molecule is O=C(O)c1cc2sccc2n1Cc1ccc(Cl)cc1Cl. The van der Waals surface area contributed by atoms with Crippen LogP contribution in [0, 0.1) is 0 Å². The van der Waals surface area contributed by atoms with E-state index in [1.807, 2.05) is 17.5 Å². The Bertz CT molecular complexity index is 807. The summed E-state index contributed by atoms with van der Waals surface area (Å²) in [4.78, 5) is 11.3. The number of fused-ring (bicyclic) bond motifs is 1. The van der Waals surface area contributed by atoms with Crippen molar-refractivity contribution >= 4 is 50.7 Å². The minimum absolute atomic E-state index is 0.262. The van der Waals surface area contributed by atoms with Gasteiger partial charge in [-0.1, -0.05) is 29.3 Å². The van der Waals surface area contributed by atoms with Crippen molar-refractivity contribution in [2.75, 3.05) is 0 Å². The van der Waals surface area contributed by atoms with Gasteiger partial charge in [-0.05, 0) is 35.2 Å². The Morgan fingerprint density at radius 2 is 2.05 bits per heavy atom. The second-order valence-corrected chi connectivity index (χ2v) is 6.12. The number of benzene rings is 1. The van der Waals surface area contributed by atoms with Crippen molar-refractivity contribution in [2.24, 2.45) is 0 Å². The number of thiophene rings is 1. The van der Waals surface area contributed by atoms with Crippen molar-refractivity contribution in [3.05, 3.63) is 57.0 Å². The number of hydrogen-bond acceptors (Lipinski definition) is 2. The summed E-state index contributed by atoms with van der Waals surface area (Å²) in [5, 5.41) is 12.3. The molecule has 6 heteroatoms. The molecule has 1 aromatic carbocycles. The van der Waals surface area contributed by atoms with Crippen LogP contribution >= 0.6 is 34.5 Å². The van der Waals surface area contributed by atoms with E-state index in [0.29, 0.717) is 16.6 Å². The molecule has 3 nitrogen and oxygen atoms in total. The minimum atomic E-state index is -0.946. The smallest absolute Gasteiger partial charge is 0.352 e. The van der Waals surface area contributed by atoms with E-state index in [2.05, 4.69) is 0 Å². The summed E-state index contributed by atoms with van der Waals surface area (Å²) in [7, 11) is 0. The number of aromatic carboxylic acids is 1. The quantitative estimate of drug-likeness (QED) is 0.754. The molecule has 0 spiro atoms. The number of halogens is 2. The lowest BCUT2D eigenvalue weighted by Crippen LogP contribution is -2.09. The Hall–Kier alpha value is -1.49. The van der Waals surface area contributed by atoms with Gasteiger partial charge in [-0.3, -0.25) is 0 Å². The van der Waals surface area contributed by atoms with Crippen molar-refractivity contribution in [2.45, 2.75) is 6.54 Å². The molecular formula is C14H9Cl2NO2S. The fourth-order valence-corrected chi connectivity index (χ4v) is 3.44. The molecule has 20 heavy (non-hydrogen) atoms. The van der Waals surface area contributed by atoms with E-state index < -0.39 is 5.97 Å². The Balaban J connectivity index is 2.11. The van der Waals surface area contributed by atoms with E-state index in [-0.39, 0.29) is 5.69 Å². The van der Waals surface area contributed by atoms with Crippen molar-refractivity contribution in [3.8, 4) is 0 Å². The normalized spacial score (nSPS) is 11.1. The van der Waals surface area contributed by atoms with Gasteiger partial charge in [0.1, 0.15) is 5.69 Å². The predicted octanol–water partition coefficient (Wildman–Crippen LogP) is 4.76. The fourth-order valence-electron chi connectivity index (χ4n) is 2.14. The zero-order valence-electron chi connectivity index (χ0n) is 10.1. The standard InChI is InChI=1S/C14H9Cl2NO2S/c15-9-2-1-8(10(16)5-9)7-17-11-3-4-20-13(11)6-12(17)14(18)19/h1-6H,7H2,(H,18,19). The van der Waals surface area contributed by atoms with Gasteiger partial charge in [-0.25, -0.2) is 4.79 Å². The summed E-state index contributed by atoms with van der Waals surface area (Å²) >= 11 is 13.6. The highest BCUT2D eigenvalue weighted by Gasteiger charge is 2.16. The Labute approximate surface area is 129 Å². The summed E-state index contributed by atoms with van der Waals surface area (Å²) in [5.41, 5.74) is 2.00. The van der Waals surface area contributed by atoms with Crippen molar-refractivity contribution < 1.29 is 9.90 Å². The molecule has 0 amide bonds. The van der Waals surface area contributed by atoms with Gasteiger partial charge in [0.2, 0.25) is 0 Å². The molecule has 1 N–H and O–H groups in total. The lowest BCUT2D eigenvalue weighted by molar-refractivity contribution is 0.0686. The van der Waals surface area contributed by atoms with Gasteiger partial charge in [0.25, 0.3) is 0 Å². The molecule has 3 aromatic rings. The van der Waals surface area contributed by atoms with Crippen molar-refractivity contribution in [1.82, 2.24) is 4.57 Å². The first kappa shape index (κ1) is 13.5. The number of carboxylic acids is 1. The van der Waals surface area contributed by atoms with Crippen LogP contribution < -0.4 is 0 Å². The third-order valence-electron chi connectivity index (χ3n) is 3.09. The van der Waals surface area contributed by atoms with Gasteiger partial charge in [0, 0.05) is 16.6 Å². The first-order chi connectivity index (χ1) is 9.56. The maximum atomic E-state index is 11.3. The summed E-state index contributed by atoms with van der Waals surface area (Å²) in [5.74, 6) is -0.946. The number of carbonyl (C=O) groups is 1. The molecule has 0 aliphatic heterocycles. The lowest BCUT2D eigenvalue weighted by Gasteiger charge is -2.09. The maximum absolute atomic E-state index is 11.3. The second kappa shape index (κ2) is 5.13. The molecule has 2 aromatic heterocycles. The first-order valence-electron chi connectivity index (χ1n) is 5.80. The van der Waals surface area contributed by atoms with Gasteiger partial charge < -0.3 is 9.67 Å². The lowest BCUT2D eigenvalue weighted by atomic mass is 10.2. The van der Waals surface area contributed by atoms with Gasteiger partial charge in [0.15, 0.2) is 0 Å². The molecule has 0 atom stereocenters. The summed E-state index contributed by atoms with van der Waals surface area (Å²) in [6, 6.07) is 8.82. The Kier molecular flexibility index (Phi) is 3.46. The highest BCUT2D eigenvalue weighted by atomic mass is 35.5. The monoisotopic (exact) mass is 325 g/mol. The van der Waals surface area contributed by atoms with E-state index in [0.717, 1.165) is 15.8 Å². The van der Waals surface area contributed by atoms with E-state index in [1.54, 1.807) is 22.8 Å². The molecule has 0 aliphatic carbocycles. The number of carboxylic acid groups (broad SMARTS) is 1. The van der Waals surface area contributed by atoms with Gasteiger partial charge in [0.05, 0.1) is 10.2 Å². The molecule has 0 unspecified atom stereocenters. The van der Waals surface area contributed by atoms with Crippen LogP contribution in [0.2, 0.25) is 10.0 Å². The van der Waals surface area contributed by atoms with E-state index in [1.165, 1.54) is 11.3 Å². The van der Waals surface area contributed by atoms with Gasteiger partial charge >= 0.3 is 5.97 Å². The van der Waals surface area contributed by atoms with Crippen molar-refractivity contribution in [1.29, 1.82) is 0 Å². The summed E-state index contributed by atoms with van der Waals surface area (Å²) in [6.45, 7) is 0.401. The number of nitrogens with zero attached hydrogens (tertiary/aromatic N) is 1. The minimum Gasteiger partial charge on any atom is -0.477 e. The highest BCUT2D eigenvalue weighted by molar-refractivity contribution is 7.17. The molecular weight excluding hydrogens is 317 g/mol. The van der Waals surface area contributed by atoms with E-state index in [9.17, 15) is 9.90 Å². The largest absolute Gasteiger partial charge is 0.477 e. The highest BCUT2D eigenvalue weighted by Crippen LogP contribution is 2.28. The summed E-state index contributed by atoms with van der Waals surface area (Å²) < 4.78 is 2.70. The molecule has 3 rings (SSSR count). The maximum Gasteiger partial charge on any atom is 0.352 e. The van der Waals surface area contributed by atoms with Crippen LogP contribution in [0.4, 0.5) is 0 Å². The fraction of sp³-hybridized carbons (Fsp3) is 0.0714. The molecule has 0 aliphatic rings. The topological polar surface area (TPSA) is 42.2 Å². The van der Waals surface area contributed by atoms with Crippen LogP contribution in [0.1, 0.15) is 16.1 Å². The Morgan fingerprint density at radius 1 is 1.25 bits per heavy atom. The number of rotatable bonds is 3. The van der Waals surface area contributed by atoms with Crippen LogP contribution in [0.25, 0.3) is 10.2 Å². The molecule has 2 heterocycles. The second-order valence-electron chi connectivity index (χ2n) is 4.33. The van der Waals surface area contributed by atoms with Crippen LogP contribution in [-0.2, 0) is 6.54 Å². The first-order valence-corrected chi connectivity index (χ1v) is 7.44.